The Morgan fingerprint density at radius 1 is 0.778 bits per heavy atom. The van der Waals surface area contributed by atoms with Crippen molar-refractivity contribution in [3.63, 3.8) is 0 Å². The molecular formula is C42H60N6O4S2. The Kier molecular flexibility index (Phi) is 16.4. The van der Waals surface area contributed by atoms with E-state index in [0.29, 0.717) is 41.1 Å². The van der Waals surface area contributed by atoms with Gasteiger partial charge in [0.1, 0.15) is 5.76 Å². The van der Waals surface area contributed by atoms with Crippen molar-refractivity contribution in [2.75, 3.05) is 99.7 Å². The molecule has 0 saturated carbocycles. The van der Waals surface area contributed by atoms with Crippen LogP contribution in [0.5, 0.6) is 0 Å². The largest absolute Gasteiger partial charge is 0.506 e. The van der Waals surface area contributed by atoms with Gasteiger partial charge in [-0.25, -0.2) is 4.99 Å². The van der Waals surface area contributed by atoms with Crippen molar-refractivity contribution in [1.29, 1.82) is 0 Å². The van der Waals surface area contributed by atoms with E-state index in [1.165, 1.54) is 19.3 Å². The van der Waals surface area contributed by atoms with E-state index in [9.17, 15) is 19.5 Å². The number of hydrogen-bond donors (Lipinski definition) is 2. The first-order chi connectivity index (χ1) is 26.2. The number of ketones is 1. The molecule has 4 aliphatic rings. The lowest BCUT2D eigenvalue weighted by Gasteiger charge is -2.36. The number of allylic oxidation sites excluding steroid dienone is 6. The molecule has 1 aromatic carbocycles. The lowest BCUT2D eigenvalue weighted by Crippen LogP contribution is -2.44. The van der Waals surface area contributed by atoms with Crippen molar-refractivity contribution in [3.8, 4) is 0 Å². The van der Waals surface area contributed by atoms with Crippen molar-refractivity contribution < 1.29 is 19.5 Å². The number of hydrogen-bond acceptors (Lipinski definition) is 10. The summed E-state index contributed by atoms with van der Waals surface area (Å²) >= 11 is 3.56. The quantitative estimate of drug-likeness (QED) is 0.122. The summed E-state index contributed by atoms with van der Waals surface area (Å²) in [6.07, 6.45) is 13.3. The fourth-order valence-electron chi connectivity index (χ4n) is 6.94. The molecule has 2 saturated heterocycles. The first-order valence-corrected chi connectivity index (χ1v) is 22.2. The van der Waals surface area contributed by atoms with E-state index in [4.69, 9.17) is 0 Å². The van der Waals surface area contributed by atoms with Gasteiger partial charge in [0, 0.05) is 99.2 Å². The van der Waals surface area contributed by atoms with E-state index >= 15 is 0 Å². The molecule has 294 valence electrons. The number of rotatable bonds is 18. The zero-order valence-electron chi connectivity index (χ0n) is 32.8. The maximum atomic E-state index is 14.2. The zero-order chi connectivity index (χ0) is 38.5. The number of nitrogens with zero attached hydrogens (tertiary/aromatic N) is 5. The summed E-state index contributed by atoms with van der Waals surface area (Å²) in [7, 11) is 4.22. The summed E-state index contributed by atoms with van der Waals surface area (Å²) in [4.78, 5) is 54.3. The van der Waals surface area contributed by atoms with Gasteiger partial charge in [-0.2, -0.15) is 23.5 Å². The number of carbonyl (C=O) groups is 3. The number of aliphatic hydroxyl groups is 1. The van der Waals surface area contributed by atoms with Crippen LogP contribution in [0.2, 0.25) is 0 Å². The number of Topliss-reactive ketones (excluding diaryl/α,β-unsaturated/α-hetero) is 1. The van der Waals surface area contributed by atoms with Gasteiger partial charge in [-0.15, -0.1) is 0 Å². The van der Waals surface area contributed by atoms with Gasteiger partial charge < -0.3 is 30.0 Å². The highest BCUT2D eigenvalue weighted by Crippen LogP contribution is 2.43. The molecule has 0 aromatic heterocycles. The number of amides is 2. The lowest BCUT2D eigenvalue weighted by molar-refractivity contribution is -0.117. The molecule has 2 fully saturated rings. The number of anilines is 2. The van der Waals surface area contributed by atoms with Crippen LogP contribution in [-0.2, 0) is 14.4 Å². The topological polar surface area (TPSA) is 109 Å². The van der Waals surface area contributed by atoms with Gasteiger partial charge in [-0.3, -0.25) is 14.4 Å². The molecule has 1 aromatic rings. The SMILES string of the molecule is CCCCCSCCC(=O)N=C1C=C(N2CCN(C)CC2)C=CC1=C1C(=O)C(c2ccc(N3CCN(C)CC3)cc2NC(=O)CCSCCCCC)=C1O. The van der Waals surface area contributed by atoms with Crippen molar-refractivity contribution >= 4 is 63.8 Å². The number of thioether (sulfide) groups is 2. The fourth-order valence-corrected chi connectivity index (χ4v) is 8.82. The summed E-state index contributed by atoms with van der Waals surface area (Å²) < 4.78 is 0. The first-order valence-electron chi connectivity index (χ1n) is 19.9. The highest BCUT2D eigenvalue weighted by Gasteiger charge is 2.39. The normalized spacial score (nSPS) is 20.5. The van der Waals surface area contributed by atoms with Crippen LogP contribution in [0.15, 0.2) is 64.0 Å². The monoisotopic (exact) mass is 776 g/mol. The Morgan fingerprint density at radius 3 is 2.00 bits per heavy atom. The third kappa shape index (κ3) is 11.4. The van der Waals surface area contributed by atoms with Crippen LogP contribution in [-0.4, -0.2) is 133 Å². The Labute approximate surface area is 331 Å². The minimum Gasteiger partial charge on any atom is -0.506 e. The van der Waals surface area contributed by atoms with Crippen LogP contribution in [0.1, 0.15) is 70.8 Å². The molecule has 2 N–H and O–H groups in total. The van der Waals surface area contributed by atoms with Crippen LogP contribution in [0.4, 0.5) is 11.4 Å². The Balaban J connectivity index is 1.42. The third-order valence-electron chi connectivity index (χ3n) is 10.4. The molecule has 0 bridgehead atoms. The number of likely N-dealkylation sites (N-methyl/N-ethyl adjacent to an activating group) is 2. The smallest absolute Gasteiger partial charge is 0.247 e. The minimum atomic E-state index is -0.329. The number of benzene rings is 1. The molecule has 10 nitrogen and oxygen atoms in total. The summed E-state index contributed by atoms with van der Waals surface area (Å²) in [6, 6.07) is 5.74. The molecule has 2 aliphatic heterocycles. The Hall–Kier alpha value is -3.32. The first kappa shape index (κ1) is 41.8. The van der Waals surface area contributed by atoms with E-state index in [0.717, 1.165) is 100 Å². The average molecular weight is 777 g/mol. The number of nitrogens with one attached hydrogen (secondary N) is 1. The van der Waals surface area contributed by atoms with E-state index < -0.39 is 0 Å². The van der Waals surface area contributed by atoms with Crippen LogP contribution in [0.25, 0.3) is 5.57 Å². The van der Waals surface area contributed by atoms with Crippen molar-refractivity contribution in [2.24, 2.45) is 4.99 Å². The predicted octanol–water partition coefficient (Wildman–Crippen LogP) is 6.82. The second kappa shape index (κ2) is 21.1. The van der Waals surface area contributed by atoms with Crippen molar-refractivity contribution in [3.05, 3.63) is 64.6 Å². The van der Waals surface area contributed by atoms with E-state index in [1.54, 1.807) is 23.5 Å². The number of piperazine rings is 2. The van der Waals surface area contributed by atoms with E-state index in [1.807, 2.05) is 36.4 Å². The van der Waals surface area contributed by atoms with Crippen LogP contribution >= 0.6 is 23.5 Å². The molecule has 0 spiro atoms. The van der Waals surface area contributed by atoms with Gasteiger partial charge in [0.2, 0.25) is 17.6 Å². The van der Waals surface area contributed by atoms with Crippen LogP contribution < -0.4 is 10.2 Å². The molecule has 0 radical (unpaired) electrons. The number of aliphatic hydroxyl groups excluding tert-OH is 1. The Bertz CT molecular complexity index is 1650. The van der Waals surface area contributed by atoms with E-state index in [2.05, 4.69) is 57.9 Å². The van der Waals surface area contributed by atoms with E-state index in [-0.39, 0.29) is 34.5 Å². The third-order valence-corrected chi connectivity index (χ3v) is 12.6. The maximum absolute atomic E-state index is 14.2. The van der Waals surface area contributed by atoms with Crippen molar-refractivity contribution in [2.45, 2.75) is 65.2 Å². The molecule has 5 rings (SSSR count). The maximum Gasteiger partial charge on any atom is 0.247 e. The number of aliphatic imine (C=N–C) groups is 1. The molecule has 0 atom stereocenters. The van der Waals surface area contributed by atoms with Crippen molar-refractivity contribution in [1.82, 2.24) is 14.7 Å². The second-order valence-corrected chi connectivity index (χ2v) is 17.1. The molecule has 0 unspecified atom stereocenters. The summed E-state index contributed by atoms with van der Waals surface area (Å²) in [5, 5.41) is 14.8. The zero-order valence-corrected chi connectivity index (χ0v) is 34.5. The van der Waals surface area contributed by atoms with Gasteiger partial charge in [-0.05, 0) is 74.9 Å². The second-order valence-electron chi connectivity index (χ2n) is 14.6. The summed E-state index contributed by atoms with van der Waals surface area (Å²) in [5.74, 6) is 2.65. The molecule has 12 heteroatoms. The molecular weight excluding hydrogens is 717 g/mol. The Morgan fingerprint density at radius 2 is 1.39 bits per heavy atom. The minimum absolute atomic E-state index is 0.117. The van der Waals surface area contributed by atoms with Gasteiger partial charge in [-0.1, -0.05) is 39.5 Å². The molecule has 2 aliphatic carbocycles. The van der Waals surface area contributed by atoms with Gasteiger partial charge in [0.15, 0.2) is 0 Å². The number of unbranched alkanes of at least 4 members (excludes halogenated alkanes) is 4. The van der Waals surface area contributed by atoms with Gasteiger partial charge >= 0.3 is 0 Å². The summed E-state index contributed by atoms with van der Waals surface area (Å²) in [6.45, 7) is 11.5. The van der Waals surface area contributed by atoms with Gasteiger partial charge in [0.05, 0.1) is 22.5 Å². The molecule has 54 heavy (non-hydrogen) atoms. The van der Waals surface area contributed by atoms with Crippen LogP contribution in [0.3, 0.4) is 0 Å². The molecule has 2 amide bonds. The lowest BCUT2D eigenvalue weighted by atomic mass is 9.78. The highest BCUT2D eigenvalue weighted by atomic mass is 32.2. The fraction of sp³-hybridized carbons (Fsp3) is 0.571. The van der Waals surface area contributed by atoms with Crippen LogP contribution in [0, 0.1) is 0 Å². The highest BCUT2D eigenvalue weighted by molar-refractivity contribution is 7.99. The van der Waals surface area contributed by atoms with Gasteiger partial charge in [0.25, 0.3) is 0 Å². The number of carbonyl (C=O) groups excluding carboxylic acids is 3. The predicted molar refractivity (Wildman–Crippen MR) is 228 cm³/mol. The standard InChI is InChI=1S/C42H60N6O4S2/c1-5-7-9-25-53-27-15-37(49)43-35-29-31(47-21-17-45(3)18-22-47)11-13-33(35)39-41(51)40(42(39)52)34-14-12-32(48-23-19-46(4)20-24-48)30-36(34)44-38(50)16-28-54-26-10-8-6-2/h11-14,29-30,51H,5-10,15-28H2,1-4H3,(H,43,49). The summed E-state index contributed by atoms with van der Waals surface area (Å²) in [5.41, 5.74) is 4.09. The molecule has 2 heterocycles. The average Bonchev–Trinajstić information content (AvgIpc) is 3.16.